The maximum Gasteiger partial charge on any atom is 0.0297 e. The van der Waals surface area contributed by atoms with Gasteiger partial charge in [-0.1, -0.05) is 52.0 Å². The summed E-state index contributed by atoms with van der Waals surface area (Å²) in [5, 5.41) is 0. The fraction of sp³-hybridized carbons (Fsp3) is 0.0769. The molecule has 2 aromatic carbocycles. The molecule has 0 radical (unpaired) electrons. The SMILES string of the molecule is Brc1ccc(Cc2cccc3c2S3)cc1. The van der Waals surface area contributed by atoms with Gasteiger partial charge >= 0.3 is 0 Å². The molecule has 0 spiro atoms. The molecule has 2 heteroatoms. The summed E-state index contributed by atoms with van der Waals surface area (Å²) in [6.45, 7) is 0. The standard InChI is InChI=1S/C13H9BrS/c14-11-6-4-9(5-7-11)8-10-2-1-3-12-13(10)15-12/h1-7H,8H2. The molecule has 74 valence electrons. The van der Waals surface area contributed by atoms with E-state index in [9.17, 15) is 0 Å². The van der Waals surface area contributed by atoms with Gasteiger partial charge in [-0.05, 0) is 35.7 Å². The van der Waals surface area contributed by atoms with E-state index in [1.807, 2.05) is 11.8 Å². The molecule has 1 aliphatic rings. The van der Waals surface area contributed by atoms with Crippen LogP contribution in [0.4, 0.5) is 0 Å². The first-order valence-electron chi connectivity index (χ1n) is 4.87. The summed E-state index contributed by atoms with van der Waals surface area (Å²) in [5.41, 5.74) is 2.83. The average molecular weight is 277 g/mol. The third kappa shape index (κ3) is 1.97. The average Bonchev–Trinajstić information content (AvgIpc) is 3.01. The third-order valence-corrected chi connectivity index (χ3v) is 4.11. The van der Waals surface area contributed by atoms with E-state index in [0.717, 1.165) is 10.9 Å². The summed E-state index contributed by atoms with van der Waals surface area (Å²) in [4.78, 5) is 2.94. The molecule has 15 heavy (non-hydrogen) atoms. The lowest BCUT2D eigenvalue weighted by Crippen LogP contribution is -1.86. The Kier molecular flexibility index (Phi) is 2.33. The molecule has 0 saturated carbocycles. The van der Waals surface area contributed by atoms with Crippen LogP contribution in [0.2, 0.25) is 0 Å². The van der Waals surface area contributed by atoms with Crippen molar-refractivity contribution in [2.75, 3.05) is 0 Å². The summed E-state index contributed by atoms with van der Waals surface area (Å²) in [6.07, 6.45) is 1.05. The predicted molar refractivity (Wildman–Crippen MR) is 67.5 cm³/mol. The Morgan fingerprint density at radius 1 is 1.00 bits per heavy atom. The van der Waals surface area contributed by atoms with Crippen LogP contribution in [0.15, 0.2) is 56.7 Å². The van der Waals surface area contributed by atoms with Crippen molar-refractivity contribution in [3.63, 3.8) is 0 Å². The highest BCUT2D eigenvalue weighted by Crippen LogP contribution is 2.50. The molecule has 0 saturated heterocycles. The lowest BCUT2D eigenvalue weighted by atomic mass is 10.1. The highest BCUT2D eigenvalue weighted by Gasteiger charge is 2.21. The molecule has 0 bridgehead atoms. The molecule has 0 fully saturated rings. The fourth-order valence-corrected chi connectivity index (χ4v) is 2.76. The van der Waals surface area contributed by atoms with Crippen molar-refractivity contribution >= 4 is 27.7 Å². The fourth-order valence-electron chi connectivity index (χ4n) is 1.71. The second kappa shape index (κ2) is 3.69. The maximum atomic E-state index is 3.45. The van der Waals surface area contributed by atoms with Gasteiger partial charge in [0.1, 0.15) is 0 Å². The van der Waals surface area contributed by atoms with Crippen molar-refractivity contribution in [2.24, 2.45) is 0 Å². The Morgan fingerprint density at radius 3 is 2.60 bits per heavy atom. The van der Waals surface area contributed by atoms with Crippen molar-refractivity contribution in [3.05, 3.63) is 58.1 Å². The van der Waals surface area contributed by atoms with Gasteiger partial charge in [0.2, 0.25) is 0 Å². The maximum absolute atomic E-state index is 3.45. The second-order valence-electron chi connectivity index (χ2n) is 3.65. The van der Waals surface area contributed by atoms with Crippen molar-refractivity contribution in [1.82, 2.24) is 0 Å². The largest absolute Gasteiger partial charge is 0.0874 e. The van der Waals surface area contributed by atoms with Crippen LogP contribution < -0.4 is 0 Å². The second-order valence-corrected chi connectivity index (χ2v) is 5.62. The van der Waals surface area contributed by atoms with Crippen LogP contribution in [0, 0.1) is 0 Å². The number of benzene rings is 2. The lowest BCUT2D eigenvalue weighted by Gasteiger charge is -2.00. The Bertz CT molecular complexity index is 502. The van der Waals surface area contributed by atoms with E-state index in [2.05, 4.69) is 58.4 Å². The zero-order chi connectivity index (χ0) is 10.3. The first-order valence-corrected chi connectivity index (χ1v) is 6.48. The van der Waals surface area contributed by atoms with Gasteiger partial charge in [-0.3, -0.25) is 0 Å². The number of fused-ring (bicyclic) bond motifs is 1. The number of hydrogen-bond donors (Lipinski definition) is 0. The first-order chi connectivity index (χ1) is 7.33. The molecular formula is C13H9BrS. The minimum atomic E-state index is 1.05. The Hall–Kier alpha value is -0.730. The van der Waals surface area contributed by atoms with Gasteiger partial charge in [0.15, 0.2) is 0 Å². The topological polar surface area (TPSA) is 0 Å². The van der Waals surface area contributed by atoms with Crippen molar-refractivity contribution < 1.29 is 0 Å². The van der Waals surface area contributed by atoms with Gasteiger partial charge in [0.25, 0.3) is 0 Å². The van der Waals surface area contributed by atoms with E-state index in [-0.39, 0.29) is 0 Å². The van der Waals surface area contributed by atoms with Crippen molar-refractivity contribution in [2.45, 2.75) is 16.2 Å². The summed E-state index contributed by atoms with van der Waals surface area (Å²) in [7, 11) is 0. The molecule has 0 aliphatic carbocycles. The predicted octanol–water partition coefficient (Wildman–Crippen LogP) is 4.50. The normalized spacial score (nSPS) is 12.3. The molecule has 2 aromatic rings. The van der Waals surface area contributed by atoms with E-state index in [1.54, 1.807) is 0 Å². The molecule has 0 amide bonds. The first kappa shape index (κ1) is 9.49. The quantitative estimate of drug-likeness (QED) is 0.621. The van der Waals surface area contributed by atoms with Crippen LogP contribution in [0.25, 0.3) is 0 Å². The van der Waals surface area contributed by atoms with E-state index < -0.39 is 0 Å². The lowest BCUT2D eigenvalue weighted by molar-refractivity contribution is 1.12. The van der Waals surface area contributed by atoms with Gasteiger partial charge in [0.05, 0.1) is 0 Å². The molecular weight excluding hydrogens is 268 g/mol. The highest BCUT2D eigenvalue weighted by atomic mass is 79.9. The summed E-state index contributed by atoms with van der Waals surface area (Å²) < 4.78 is 1.14. The smallest absolute Gasteiger partial charge is 0.0297 e. The molecule has 0 aromatic heterocycles. The van der Waals surface area contributed by atoms with E-state index in [0.29, 0.717) is 0 Å². The molecule has 0 nitrogen and oxygen atoms in total. The van der Waals surface area contributed by atoms with E-state index in [1.165, 1.54) is 20.9 Å². The van der Waals surface area contributed by atoms with Crippen LogP contribution in [0.3, 0.4) is 0 Å². The minimum Gasteiger partial charge on any atom is -0.0874 e. The van der Waals surface area contributed by atoms with Gasteiger partial charge in [-0.25, -0.2) is 0 Å². The zero-order valence-electron chi connectivity index (χ0n) is 8.03. The number of rotatable bonds is 2. The van der Waals surface area contributed by atoms with E-state index in [4.69, 9.17) is 0 Å². The Balaban J connectivity index is 1.87. The molecule has 0 unspecified atom stereocenters. The molecule has 1 aliphatic heterocycles. The molecule has 1 heterocycles. The molecule has 0 atom stereocenters. The van der Waals surface area contributed by atoms with Crippen LogP contribution in [-0.4, -0.2) is 0 Å². The number of hydrogen-bond acceptors (Lipinski definition) is 1. The minimum absolute atomic E-state index is 1.05. The van der Waals surface area contributed by atoms with E-state index >= 15 is 0 Å². The van der Waals surface area contributed by atoms with Gasteiger partial charge < -0.3 is 0 Å². The monoisotopic (exact) mass is 276 g/mol. The summed E-state index contributed by atoms with van der Waals surface area (Å²) in [6, 6.07) is 15.1. The van der Waals surface area contributed by atoms with Gasteiger partial charge in [-0.15, -0.1) is 0 Å². The third-order valence-electron chi connectivity index (χ3n) is 2.54. The van der Waals surface area contributed by atoms with Crippen molar-refractivity contribution in [1.29, 1.82) is 0 Å². The Labute approximate surface area is 102 Å². The van der Waals surface area contributed by atoms with Gasteiger partial charge in [-0.2, -0.15) is 0 Å². The Morgan fingerprint density at radius 2 is 1.80 bits per heavy atom. The van der Waals surface area contributed by atoms with Crippen LogP contribution in [0.5, 0.6) is 0 Å². The molecule has 3 rings (SSSR count). The summed E-state index contributed by atoms with van der Waals surface area (Å²) in [5.74, 6) is 0. The van der Waals surface area contributed by atoms with Gasteiger partial charge in [0, 0.05) is 14.3 Å². The highest BCUT2D eigenvalue weighted by molar-refractivity contribution is 9.10. The van der Waals surface area contributed by atoms with Crippen LogP contribution in [-0.2, 0) is 6.42 Å². The van der Waals surface area contributed by atoms with Crippen LogP contribution in [0.1, 0.15) is 11.1 Å². The molecule has 0 N–H and O–H groups in total. The zero-order valence-corrected chi connectivity index (χ0v) is 10.4. The summed E-state index contributed by atoms with van der Waals surface area (Å²) >= 11 is 5.35. The number of halogens is 1. The van der Waals surface area contributed by atoms with Crippen molar-refractivity contribution in [3.8, 4) is 0 Å². The van der Waals surface area contributed by atoms with Crippen LogP contribution >= 0.6 is 27.7 Å².